The molecule has 0 bridgehead atoms. The molecule has 0 atom stereocenters. The molecule has 0 aliphatic carbocycles. The highest BCUT2D eigenvalue weighted by molar-refractivity contribution is 5.95. The minimum Gasteiger partial charge on any atom is -0.461 e. The number of carbonyl (C=O) groups is 1. The number of nitrogen functional groups attached to an aromatic ring is 1. The Labute approximate surface area is 120 Å². The van der Waals surface area contributed by atoms with E-state index in [1.165, 1.54) is 0 Å². The average molecular weight is 286 g/mol. The number of carbonyl (C=O) groups excluding carboxylic acids is 1. The highest BCUT2D eigenvalue weighted by Crippen LogP contribution is 2.27. The van der Waals surface area contributed by atoms with Gasteiger partial charge < -0.3 is 19.9 Å². The first-order valence-electron chi connectivity index (χ1n) is 6.44. The fraction of sp³-hybridized carbons (Fsp3) is 0.143. The number of amides is 1. The fourth-order valence-corrected chi connectivity index (χ4v) is 2.03. The van der Waals surface area contributed by atoms with Crippen LogP contribution in [0.1, 0.15) is 6.92 Å². The average Bonchev–Trinajstić information content (AvgIpc) is 3.07. The van der Waals surface area contributed by atoms with Crippen molar-refractivity contribution < 1.29 is 13.9 Å². The van der Waals surface area contributed by atoms with Gasteiger partial charge in [0.05, 0.1) is 29.6 Å². The number of H-pyrrole nitrogens is 1. The number of nitrogens with zero attached hydrogens (tertiary/aromatic N) is 1. The maximum absolute atomic E-state index is 11.4. The van der Waals surface area contributed by atoms with Crippen molar-refractivity contribution in [2.24, 2.45) is 0 Å². The molecule has 0 radical (unpaired) electrons. The van der Waals surface area contributed by atoms with Crippen molar-refractivity contribution in [2.75, 3.05) is 17.7 Å². The molecule has 4 N–H and O–H groups in total. The molecule has 108 valence electrons. The standard InChI is InChI=1S/C14H14N4O3/c1-2-20-14(19)16-8-6-9(15)12-10(7-8)17-13(18-12)11-4-3-5-21-11/h3-7H,2,15H2,1H3,(H,16,19)(H,17,18). The number of nitrogens with one attached hydrogen (secondary N) is 2. The van der Waals surface area contributed by atoms with Gasteiger partial charge in [0.15, 0.2) is 11.6 Å². The van der Waals surface area contributed by atoms with Crippen molar-refractivity contribution in [1.29, 1.82) is 0 Å². The van der Waals surface area contributed by atoms with E-state index in [-0.39, 0.29) is 0 Å². The number of hydrogen-bond donors (Lipinski definition) is 3. The first-order chi connectivity index (χ1) is 10.2. The van der Waals surface area contributed by atoms with Crippen molar-refractivity contribution in [3.63, 3.8) is 0 Å². The maximum atomic E-state index is 11.4. The summed E-state index contributed by atoms with van der Waals surface area (Å²) in [6.07, 6.45) is 1.04. The maximum Gasteiger partial charge on any atom is 0.411 e. The molecule has 0 aliphatic heterocycles. The Hall–Kier alpha value is -2.96. The van der Waals surface area contributed by atoms with E-state index in [1.54, 1.807) is 37.5 Å². The summed E-state index contributed by atoms with van der Waals surface area (Å²) >= 11 is 0. The topological polar surface area (TPSA) is 106 Å². The molecule has 0 aliphatic rings. The Kier molecular flexibility index (Phi) is 3.23. The second kappa shape index (κ2) is 5.20. The third-order valence-electron chi connectivity index (χ3n) is 2.90. The molecule has 21 heavy (non-hydrogen) atoms. The number of ether oxygens (including phenoxy) is 1. The lowest BCUT2D eigenvalue weighted by Gasteiger charge is -2.06. The molecule has 7 nitrogen and oxygen atoms in total. The van der Waals surface area contributed by atoms with Gasteiger partial charge in [-0.05, 0) is 31.2 Å². The normalized spacial score (nSPS) is 10.7. The molecule has 0 unspecified atom stereocenters. The van der Waals surface area contributed by atoms with Gasteiger partial charge in [0.25, 0.3) is 0 Å². The van der Waals surface area contributed by atoms with E-state index in [0.29, 0.717) is 40.6 Å². The Morgan fingerprint density at radius 3 is 3.10 bits per heavy atom. The third-order valence-corrected chi connectivity index (χ3v) is 2.90. The van der Waals surface area contributed by atoms with Gasteiger partial charge >= 0.3 is 6.09 Å². The fourth-order valence-electron chi connectivity index (χ4n) is 2.03. The van der Waals surface area contributed by atoms with Crippen LogP contribution in [-0.2, 0) is 4.74 Å². The van der Waals surface area contributed by atoms with Gasteiger partial charge in [0.1, 0.15) is 0 Å². The minimum atomic E-state index is -0.530. The van der Waals surface area contributed by atoms with Gasteiger partial charge in [0.2, 0.25) is 0 Å². The smallest absolute Gasteiger partial charge is 0.411 e. The van der Waals surface area contributed by atoms with Crippen LogP contribution in [0.2, 0.25) is 0 Å². The van der Waals surface area contributed by atoms with Crippen LogP contribution < -0.4 is 11.1 Å². The van der Waals surface area contributed by atoms with Gasteiger partial charge in [-0.3, -0.25) is 5.32 Å². The van der Waals surface area contributed by atoms with E-state index in [1.807, 2.05) is 0 Å². The van der Waals surface area contributed by atoms with Crippen LogP contribution in [0.4, 0.5) is 16.2 Å². The first-order valence-corrected chi connectivity index (χ1v) is 6.44. The van der Waals surface area contributed by atoms with Gasteiger partial charge in [-0.15, -0.1) is 0 Å². The molecule has 1 amide bonds. The number of benzene rings is 1. The lowest BCUT2D eigenvalue weighted by atomic mass is 10.2. The second-order valence-electron chi connectivity index (χ2n) is 4.37. The summed E-state index contributed by atoms with van der Waals surface area (Å²) in [6, 6.07) is 6.93. The van der Waals surface area contributed by atoms with Crippen molar-refractivity contribution in [3.8, 4) is 11.6 Å². The Bertz CT molecular complexity index is 777. The predicted molar refractivity (Wildman–Crippen MR) is 78.9 cm³/mol. The lowest BCUT2D eigenvalue weighted by molar-refractivity contribution is 0.168. The van der Waals surface area contributed by atoms with Crippen LogP contribution in [0.5, 0.6) is 0 Å². The zero-order valence-electron chi connectivity index (χ0n) is 11.3. The summed E-state index contributed by atoms with van der Waals surface area (Å²) in [6.45, 7) is 2.04. The highest BCUT2D eigenvalue weighted by Gasteiger charge is 2.12. The molecule has 3 aromatic rings. The van der Waals surface area contributed by atoms with Crippen molar-refractivity contribution in [1.82, 2.24) is 9.97 Å². The quantitative estimate of drug-likeness (QED) is 0.642. The van der Waals surface area contributed by atoms with E-state index in [4.69, 9.17) is 14.9 Å². The van der Waals surface area contributed by atoms with Gasteiger partial charge in [-0.1, -0.05) is 0 Å². The van der Waals surface area contributed by atoms with Gasteiger partial charge in [-0.25, -0.2) is 9.78 Å². The molecule has 0 saturated carbocycles. The van der Waals surface area contributed by atoms with Crippen LogP contribution in [0.25, 0.3) is 22.6 Å². The Morgan fingerprint density at radius 1 is 1.52 bits per heavy atom. The summed E-state index contributed by atoms with van der Waals surface area (Å²) in [5.41, 5.74) is 8.30. The summed E-state index contributed by atoms with van der Waals surface area (Å²) < 4.78 is 10.1. The minimum absolute atomic E-state index is 0.300. The molecule has 0 spiro atoms. The summed E-state index contributed by atoms with van der Waals surface area (Å²) in [5.74, 6) is 1.19. The zero-order valence-corrected chi connectivity index (χ0v) is 11.3. The molecule has 0 fully saturated rings. The van der Waals surface area contributed by atoms with Gasteiger partial charge in [-0.2, -0.15) is 0 Å². The number of imidazole rings is 1. The van der Waals surface area contributed by atoms with Gasteiger partial charge in [0, 0.05) is 5.69 Å². The number of fused-ring (bicyclic) bond motifs is 1. The molecule has 0 saturated heterocycles. The summed E-state index contributed by atoms with van der Waals surface area (Å²) in [4.78, 5) is 18.9. The predicted octanol–water partition coefficient (Wildman–Crippen LogP) is 2.97. The van der Waals surface area contributed by atoms with Crippen LogP contribution in [0, 0.1) is 0 Å². The van der Waals surface area contributed by atoms with Crippen LogP contribution >= 0.6 is 0 Å². The summed E-state index contributed by atoms with van der Waals surface area (Å²) in [5, 5.41) is 2.60. The number of aromatic amines is 1. The van der Waals surface area contributed by atoms with E-state index in [9.17, 15) is 4.79 Å². The van der Waals surface area contributed by atoms with Crippen molar-refractivity contribution >= 4 is 28.5 Å². The van der Waals surface area contributed by atoms with Crippen LogP contribution in [-0.4, -0.2) is 22.7 Å². The monoisotopic (exact) mass is 286 g/mol. The van der Waals surface area contributed by atoms with E-state index < -0.39 is 6.09 Å². The molecular formula is C14H14N4O3. The van der Waals surface area contributed by atoms with Crippen LogP contribution in [0.3, 0.4) is 0 Å². The highest BCUT2D eigenvalue weighted by atomic mass is 16.5. The number of hydrogen-bond acceptors (Lipinski definition) is 5. The second-order valence-corrected chi connectivity index (χ2v) is 4.37. The molecule has 2 heterocycles. The Morgan fingerprint density at radius 2 is 2.38 bits per heavy atom. The number of anilines is 2. The molecule has 2 aromatic heterocycles. The van der Waals surface area contributed by atoms with E-state index in [0.717, 1.165) is 0 Å². The number of furan rings is 1. The first kappa shape index (κ1) is 13.0. The SMILES string of the molecule is CCOC(=O)Nc1cc(N)c2[nH]c(-c3ccco3)nc2c1. The number of rotatable bonds is 3. The Balaban J connectivity index is 1.97. The van der Waals surface area contributed by atoms with Crippen molar-refractivity contribution in [3.05, 3.63) is 30.5 Å². The lowest BCUT2D eigenvalue weighted by Crippen LogP contribution is -2.13. The van der Waals surface area contributed by atoms with E-state index in [2.05, 4.69) is 15.3 Å². The summed E-state index contributed by atoms with van der Waals surface area (Å²) in [7, 11) is 0. The molecule has 7 heteroatoms. The molecule has 1 aromatic carbocycles. The molecule has 3 rings (SSSR count). The van der Waals surface area contributed by atoms with E-state index >= 15 is 0 Å². The van der Waals surface area contributed by atoms with Crippen molar-refractivity contribution in [2.45, 2.75) is 6.92 Å². The third kappa shape index (κ3) is 2.53. The molecular weight excluding hydrogens is 272 g/mol. The largest absolute Gasteiger partial charge is 0.461 e. The number of nitrogens with two attached hydrogens (primary N) is 1. The number of aromatic nitrogens is 2. The zero-order chi connectivity index (χ0) is 14.8. The van der Waals surface area contributed by atoms with Crippen LogP contribution in [0.15, 0.2) is 34.9 Å².